The summed E-state index contributed by atoms with van der Waals surface area (Å²) in [5.74, 6) is 0.780. The van der Waals surface area contributed by atoms with Crippen LogP contribution in [-0.2, 0) is 17.9 Å². The smallest absolute Gasteiger partial charge is 0.224 e. The molecule has 5 nitrogen and oxygen atoms in total. The molecule has 0 unspecified atom stereocenters. The van der Waals surface area contributed by atoms with E-state index in [1.54, 1.807) is 11.9 Å². The zero-order valence-corrected chi connectivity index (χ0v) is 19.5. The van der Waals surface area contributed by atoms with Gasteiger partial charge in [-0.25, -0.2) is 0 Å². The highest BCUT2D eigenvalue weighted by Gasteiger charge is 2.11. The summed E-state index contributed by atoms with van der Waals surface area (Å²) in [6, 6.07) is 18.1. The second-order valence-corrected chi connectivity index (χ2v) is 6.78. The van der Waals surface area contributed by atoms with Crippen LogP contribution in [0.5, 0.6) is 0 Å². The number of nitrogens with zero attached hydrogens (tertiary/aromatic N) is 2. The monoisotopic (exact) mass is 544 g/mol. The van der Waals surface area contributed by atoms with Gasteiger partial charge < -0.3 is 15.5 Å². The number of hydrogen-bond donors (Lipinski definition) is 2. The van der Waals surface area contributed by atoms with Crippen LogP contribution in [0, 0.1) is 0 Å². The van der Waals surface area contributed by atoms with E-state index in [9.17, 15) is 4.79 Å². The highest BCUT2D eigenvalue weighted by atomic mass is 127. The van der Waals surface area contributed by atoms with Crippen molar-refractivity contribution in [2.75, 3.05) is 20.6 Å². The Kier molecular flexibility index (Phi) is 11.0. The van der Waals surface area contributed by atoms with Crippen molar-refractivity contribution in [3.8, 4) is 0 Å². The number of halogens is 2. The second kappa shape index (κ2) is 12.7. The normalized spacial score (nSPS) is 10.7. The Morgan fingerprint density at radius 1 is 1.07 bits per heavy atom. The van der Waals surface area contributed by atoms with Crippen molar-refractivity contribution in [1.29, 1.82) is 0 Å². The molecule has 2 rings (SSSR count). The third-order valence-corrected chi connectivity index (χ3v) is 4.72. The molecule has 0 aliphatic rings. The minimum absolute atomic E-state index is 0. The number of carbonyl (C=O) groups is 1. The Labute approximate surface area is 186 Å². The first-order valence-electron chi connectivity index (χ1n) is 8.56. The van der Waals surface area contributed by atoms with Crippen molar-refractivity contribution in [3.63, 3.8) is 0 Å². The molecular formula is C20H26BrIN4O. The zero-order valence-electron chi connectivity index (χ0n) is 15.6. The standard InChI is InChI=1S/C20H25BrN4O.HI/c1-22-20(24-14-16-8-4-3-5-9-16)23-13-12-19(26)25(2)15-17-10-6-7-11-18(17)21;/h3-11H,12-15H2,1-2H3,(H2,22,23,24);1H. The van der Waals surface area contributed by atoms with Gasteiger partial charge in [0.1, 0.15) is 0 Å². The lowest BCUT2D eigenvalue weighted by Gasteiger charge is -2.19. The topological polar surface area (TPSA) is 56.7 Å². The average molecular weight is 545 g/mol. The van der Waals surface area contributed by atoms with Crippen molar-refractivity contribution in [2.45, 2.75) is 19.5 Å². The van der Waals surface area contributed by atoms with Crippen LogP contribution >= 0.6 is 39.9 Å². The van der Waals surface area contributed by atoms with E-state index in [1.165, 1.54) is 5.56 Å². The third-order valence-electron chi connectivity index (χ3n) is 3.95. The first kappa shape index (κ1) is 23.4. The van der Waals surface area contributed by atoms with Crippen LogP contribution in [-0.4, -0.2) is 37.4 Å². The van der Waals surface area contributed by atoms with Crippen LogP contribution in [0.2, 0.25) is 0 Å². The molecule has 2 aromatic carbocycles. The minimum Gasteiger partial charge on any atom is -0.356 e. The fourth-order valence-corrected chi connectivity index (χ4v) is 2.86. The van der Waals surface area contributed by atoms with E-state index in [-0.39, 0.29) is 29.9 Å². The number of hydrogen-bond acceptors (Lipinski definition) is 2. The molecule has 0 aliphatic carbocycles. The summed E-state index contributed by atoms with van der Waals surface area (Å²) < 4.78 is 1.02. The average Bonchev–Trinajstić information content (AvgIpc) is 2.67. The molecule has 2 N–H and O–H groups in total. The SMILES string of the molecule is CN=C(NCCC(=O)N(C)Cc1ccccc1Br)NCc1ccccc1.I. The van der Waals surface area contributed by atoms with Crippen molar-refractivity contribution < 1.29 is 4.79 Å². The lowest BCUT2D eigenvalue weighted by molar-refractivity contribution is -0.130. The zero-order chi connectivity index (χ0) is 18.8. The minimum atomic E-state index is 0. The Morgan fingerprint density at radius 2 is 1.74 bits per heavy atom. The number of amides is 1. The quantitative estimate of drug-likeness (QED) is 0.317. The van der Waals surface area contributed by atoms with Gasteiger partial charge in [-0.05, 0) is 17.2 Å². The van der Waals surface area contributed by atoms with Crippen LogP contribution in [0.4, 0.5) is 0 Å². The predicted molar refractivity (Wildman–Crippen MR) is 125 cm³/mol. The third kappa shape index (κ3) is 8.30. The van der Waals surface area contributed by atoms with Gasteiger partial charge in [0.15, 0.2) is 5.96 Å². The molecular weight excluding hydrogens is 519 g/mol. The Morgan fingerprint density at radius 3 is 2.41 bits per heavy atom. The van der Waals surface area contributed by atoms with Gasteiger partial charge in [0.25, 0.3) is 0 Å². The molecule has 0 aliphatic heterocycles. The molecule has 0 aromatic heterocycles. The molecule has 0 saturated carbocycles. The van der Waals surface area contributed by atoms with Crippen LogP contribution in [0.1, 0.15) is 17.5 Å². The van der Waals surface area contributed by atoms with Crippen molar-refractivity contribution in [1.82, 2.24) is 15.5 Å². The van der Waals surface area contributed by atoms with Gasteiger partial charge in [-0.3, -0.25) is 9.79 Å². The first-order valence-corrected chi connectivity index (χ1v) is 9.35. The summed E-state index contributed by atoms with van der Waals surface area (Å²) in [6.07, 6.45) is 0.410. The van der Waals surface area contributed by atoms with Gasteiger partial charge in [-0.15, -0.1) is 24.0 Å². The van der Waals surface area contributed by atoms with Crippen LogP contribution in [0.15, 0.2) is 64.1 Å². The fraction of sp³-hybridized carbons (Fsp3) is 0.300. The van der Waals surface area contributed by atoms with E-state index >= 15 is 0 Å². The van der Waals surface area contributed by atoms with E-state index in [1.807, 2.05) is 49.5 Å². The molecule has 0 heterocycles. The van der Waals surface area contributed by atoms with E-state index in [0.717, 1.165) is 10.0 Å². The van der Waals surface area contributed by atoms with Gasteiger partial charge in [0.2, 0.25) is 5.91 Å². The maximum atomic E-state index is 12.3. The molecule has 27 heavy (non-hydrogen) atoms. The maximum Gasteiger partial charge on any atom is 0.224 e. The Balaban J connectivity index is 0.00000364. The molecule has 0 fully saturated rings. The molecule has 146 valence electrons. The Bertz CT molecular complexity index is 740. The molecule has 0 atom stereocenters. The van der Waals surface area contributed by atoms with E-state index in [2.05, 4.69) is 43.7 Å². The lowest BCUT2D eigenvalue weighted by atomic mass is 10.2. The largest absolute Gasteiger partial charge is 0.356 e. The molecule has 0 radical (unpaired) electrons. The summed E-state index contributed by atoms with van der Waals surface area (Å²) >= 11 is 3.52. The molecule has 1 amide bonds. The first-order chi connectivity index (χ1) is 12.6. The molecule has 0 saturated heterocycles. The maximum absolute atomic E-state index is 12.3. The van der Waals surface area contributed by atoms with Gasteiger partial charge in [0, 0.05) is 44.6 Å². The number of aliphatic imine (C=N–C) groups is 1. The van der Waals surface area contributed by atoms with Crippen molar-refractivity contribution in [2.24, 2.45) is 4.99 Å². The van der Waals surface area contributed by atoms with Crippen LogP contribution < -0.4 is 10.6 Å². The fourth-order valence-electron chi connectivity index (χ4n) is 2.45. The lowest BCUT2D eigenvalue weighted by Crippen LogP contribution is -2.39. The summed E-state index contributed by atoms with van der Waals surface area (Å²) in [4.78, 5) is 18.2. The number of benzene rings is 2. The van der Waals surface area contributed by atoms with E-state index in [0.29, 0.717) is 32.0 Å². The molecule has 2 aromatic rings. The van der Waals surface area contributed by atoms with E-state index in [4.69, 9.17) is 0 Å². The summed E-state index contributed by atoms with van der Waals surface area (Å²) in [5.41, 5.74) is 2.27. The summed E-state index contributed by atoms with van der Waals surface area (Å²) in [6.45, 7) is 1.81. The number of guanidine groups is 1. The van der Waals surface area contributed by atoms with Crippen molar-refractivity contribution in [3.05, 3.63) is 70.2 Å². The Hall–Kier alpha value is -1.61. The van der Waals surface area contributed by atoms with Crippen LogP contribution in [0.25, 0.3) is 0 Å². The van der Waals surface area contributed by atoms with Crippen LogP contribution in [0.3, 0.4) is 0 Å². The highest BCUT2D eigenvalue weighted by molar-refractivity contribution is 14.0. The summed E-state index contributed by atoms with van der Waals surface area (Å²) in [5, 5.41) is 6.43. The molecule has 0 spiro atoms. The van der Waals surface area contributed by atoms with Gasteiger partial charge in [0.05, 0.1) is 0 Å². The number of carbonyl (C=O) groups excluding carboxylic acids is 1. The molecule has 0 bridgehead atoms. The van der Waals surface area contributed by atoms with E-state index < -0.39 is 0 Å². The van der Waals surface area contributed by atoms with Gasteiger partial charge in [-0.1, -0.05) is 64.5 Å². The summed E-state index contributed by atoms with van der Waals surface area (Å²) in [7, 11) is 3.55. The molecule has 7 heteroatoms. The number of nitrogens with one attached hydrogen (secondary N) is 2. The number of rotatable bonds is 7. The van der Waals surface area contributed by atoms with Gasteiger partial charge >= 0.3 is 0 Å². The van der Waals surface area contributed by atoms with Gasteiger partial charge in [-0.2, -0.15) is 0 Å². The highest BCUT2D eigenvalue weighted by Crippen LogP contribution is 2.17. The predicted octanol–water partition coefficient (Wildman–Crippen LogP) is 3.78. The van der Waals surface area contributed by atoms with Crippen molar-refractivity contribution >= 4 is 51.8 Å². The second-order valence-electron chi connectivity index (χ2n) is 5.93.